The van der Waals surface area contributed by atoms with E-state index in [1.165, 1.54) is 11.3 Å². The topological polar surface area (TPSA) is 44.3 Å². The van der Waals surface area contributed by atoms with Gasteiger partial charge in [0.25, 0.3) is 0 Å². The summed E-state index contributed by atoms with van der Waals surface area (Å²) in [6.45, 7) is 10.6. The summed E-state index contributed by atoms with van der Waals surface area (Å²) in [6, 6.07) is 0.368. The van der Waals surface area contributed by atoms with E-state index in [1.54, 1.807) is 0 Å². The highest BCUT2D eigenvalue weighted by Gasteiger charge is 2.20. The largest absolute Gasteiger partial charge is 0.352 e. The highest BCUT2D eigenvalue weighted by atomic mass is 15.2. The van der Waals surface area contributed by atoms with E-state index in [0.29, 0.717) is 6.04 Å². The SMILES string of the molecule is Cc1nc(NC(C)C)nc2c1CN(CCN(C)C)CC2. The summed E-state index contributed by atoms with van der Waals surface area (Å²) >= 11 is 0. The van der Waals surface area contributed by atoms with Crippen molar-refractivity contribution >= 4 is 5.95 Å². The Kier molecular flexibility index (Phi) is 4.94. The molecule has 0 unspecified atom stereocenters. The standard InChI is InChI=1S/C15H27N5/c1-11(2)16-15-17-12(3)13-10-20(9-8-19(4)5)7-6-14(13)18-15/h11H,6-10H2,1-5H3,(H,16,17,18). The number of fused-ring (bicyclic) bond motifs is 1. The molecule has 0 aromatic carbocycles. The first kappa shape index (κ1) is 15.2. The molecule has 2 heterocycles. The molecule has 0 spiro atoms. The zero-order valence-corrected chi connectivity index (χ0v) is 13.4. The number of rotatable bonds is 5. The lowest BCUT2D eigenvalue weighted by Crippen LogP contribution is -2.36. The minimum absolute atomic E-state index is 0.368. The van der Waals surface area contributed by atoms with Crippen LogP contribution in [0.1, 0.15) is 30.8 Å². The molecule has 1 aliphatic heterocycles. The molecular weight excluding hydrogens is 250 g/mol. The van der Waals surface area contributed by atoms with Crippen molar-refractivity contribution in [3.8, 4) is 0 Å². The second-order valence-corrected chi connectivity index (χ2v) is 6.19. The third-order valence-electron chi connectivity index (χ3n) is 3.63. The van der Waals surface area contributed by atoms with Gasteiger partial charge in [0, 0.05) is 49.9 Å². The second-order valence-electron chi connectivity index (χ2n) is 6.19. The Bertz CT molecular complexity index is 456. The molecule has 0 radical (unpaired) electrons. The molecule has 1 aromatic heterocycles. The van der Waals surface area contributed by atoms with Gasteiger partial charge in [-0.1, -0.05) is 0 Å². The molecule has 2 rings (SSSR count). The van der Waals surface area contributed by atoms with Crippen LogP contribution in [-0.4, -0.2) is 59.5 Å². The summed E-state index contributed by atoms with van der Waals surface area (Å²) in [6.07, 6.45) is 1.03. The number of nitrogens with zero attached hydrogens (tertiary/aromatic N) is 4. The van der Waals surface area contributed by atoms with Crippen LogP contribution in [0, 0.1) is 6.92 Å². The third-order valence-corrected chi connectivity index (χ3v) is 3.63. The maximum absolute atomic E-state index is 4.68. The van der Waals surface area contributed by atoms with Crippen LogP contribution in [0.15, 0.2) is 0 Å². The Balaban J connectivity index is 2.09. The number of hydrogen-bond acceptors (Lipinski definition) is 5. The van der Waals surface area contributed by atoms with Crippen molar-refractivity contribution in [1.29, 1.82) is 0 Å². The van der Waals surface area contributed by atoms with Crippen molar-refractivity contribution < 1.29 is 0 Å². The number of nitrogens with one attached hydrogen (secondary N) is 1. The number of aromatic nitrogens is 2. The number of likely N-dealkylation sites (N-methyl/N-ethyl adjacent to an activating group) is 1. The molecule has 1 N–H and O–H groups in total. The van der Waals surface area contributed by atoms with Gasteiger partial charge in [-0.05, 0) is 34.9 Å². The average molecular weight is 277 g/mol. The van der Waals surface area contributed by atoms with Gasteiger partial charge in [-0.2, -0.15) is 0 Å². The summed E-state index contributed by atoms with van der Waals surface area (Å²) in [5, 5.41) is 3.30. The fourth-order valence-electron chi connectivity index (χ4n) is 2.49. The van der Waals surface area contributed by atoms with Crippen molar-refractivity contribution in [2.75, 3.05) is 39.0 Å². The zero-order chi connectivity index (χ0) is 14.7. The fraction of sp³-hybridized carbons (Fsp3) is 0.733. The lowest BCUT2D eigenvalue weighted by atomic mass is 10.0. The van der Waals surface area contributed by atoms with Crippen molar-refractivity contribution in [2.24, 2.45) is 0 Å². The van der Waals surface area contributed by atoms with Crippen LogP contribution in [0.3, 0.4) is 0 Å². The molecule has 1 aromatic rings. The van der Waals surface area contributed by atoms with Gasteiger partial charge in [-0.25, -0.2) is 9.97 Å². The van der Waals surface area contributed by atoms with Gasteiger partial charge in [0.1, 0.15) is 0 Å². The van der Waals surface area contributed by atoms with Crippen molar-refractivity contribution in [3.63, 3.8) is 0 Å². The monoisotopic (exact) mass is 277 g/mol. The molecule has 0 fully saturated rings. The molecule has 0 amide bonds. The Morgan fingerprint density at radius 3 is 2.70 bits per heavy atom. The Morgan fingerprint density at radius 2 is 2.05 bits per heavy atom. The Morgan fingerprint density at radius 1 is 1.30 bits per heavy atom. The lowest BCUT2D eigenvalue weighted by Gasteiger charge is -2.30. The average Bonchev–Trinajstić information content (AvgIpc) is 2.35. The Hall–Kier alpha value is -1.20. The maximum atomic E-state index is 4.68. The molecule has 5 heteroatoms. The molecule has 5 nitrogen and oxygen atoms in total. The van der Waals surface area contributed by atoms with Crippen LogP contribution < -0.4 is 5.32 Å². The molecule has 0 bridgehead atoms. The molecule has 0 aliphatic carbocycles. The minimum atomic E-state index is 0.368. The highest BCUT2D eigenvalue weighted by Crippen LogP contribution is 2.21. The fourth-order valence-corrected chi connectivity index (χ4v) is 2.49. The van der Waals surface area contributed by atoms with Gasteiger partial charge >= 0.3 is 0 Å². The van der Waals surface area contributed by atoms with E-state index in [0.717, 1.165) is 44.2 Å². The molecule has 0 saturated carbocycles. The predicted octanol–water partition coefficient (Wildman–Crippen LogP) is 1.53. The summed E-state index contributed by atoms with van der Waals surface area (Å²) < 4.78 is 0. The van der Waals surface area contributed by atoms with Crippen LogP contribution in [0.2, 0.25) is 0 Å². The molecule has 1 aliphatic rings. The summed E-state index contributed by atoms with van der Waals surface area (Å²) in [7, 11) is 4.24. The van der Waals surface area contributed by atoms with Crippen molar-refractivity contribution in [2.45, 2.75) is 39.8 Å². The third kappa shape index (κ3) is 3.90. The van der Waals surface area contributed by atoms with Gasteiger partial charge in [0.15, 0.2) is 0 Å². The van der Waals surface area contributed by atoms with E-state index in [1.807, 2.05) is 0 Å². The normalized spacial score (nSPS) is 15.8. The van der Waals surface area contributed by atoms with E-state index in [4.69, 9.17) is 0 Å². The smallest absolute Gasteiger partial charge is 0.223 e. The highest BCUT2D eigenvalue weighted by molar-refractivity contribution is 5.36. The van der Waals surface area contributed by atoms with E-state index < -0.39 is 0 Å². The molecule has 0 saturated heterocycles. The van der Waals surface area contributed by atoms with Gasteiger partial charge in [-0.15, -0.1) is 0 Å². The first-order valence-electron chi connectivity index (χ1n) is 7.45. The van der Waals surface area contributed by atoms with Gasteiger partial charge in [0.05, 0.1) is 5.69 Å². The summed E-state index contributed by atoms with van der Waals surface area (Å²) in [5.74, 6) is 0.776. The van der Waals surface area contributed by atoms with E-state index in [-0.39, 0.29) is 0 Å². The number of hydrogen-bond donors (Lipinski definition) is 1. The maximum Gasteiger partial charge on any atom is 0.223 e. The number of aryl methyl sites for hydroxylation is 1. The van der Waals surface area contributed by atoms with Crippen molar-refractivity contribution in [1.82, 2.24) is 19.8 Å². The molecule has 112 valence electrons. The summed E-state index contributed by atoms with van der Waals surface area (Å²) in [4.78, 5) is 14.0. The van der Waals surface area contributed by atoms with Gasteiger partial charge < -0.3 is 10.2 Å². The van der Waals surface area contributed by atoms with Crippen molar-refractivity contribution in [3.05, 3.63) is 17.0 Å². The van der Waals surface area contributed by atoms with Crippen LogP contribution >= 0.6 is 0 Å². The first-order valence-corrected chi connectivity index (χ1v) is 7.45. The zero-order valence-electron chi connectivity index (χ0n) is 13.4. The second kappa shape index (κ2) is 6.50. The quantitative estimate of drug-likeness (QED) is 0.884. The van der Waals surface area contributed by atoms with E-state index >= 15 is 0 Å². The first-order chi connectivity index (χ1) is 9.45. The minimum Gasteiger partial charge on any atom is -0.352 e. The van der Waals surface area contributed by atoms with E-state index in [2.05, 4.69) is 60.0 Å². The van der Waals surface area contributed by atoms with Crippen LogP contribution in [0.25, 0.3) is 0 Å². The summed E-state index contributed by atoms with van der Waals surface area (Å²) in [5.41, 5.74) is 3.67. The number of anilines is 1. The van der Waals surface area contributed by atoms with Crippen LogP contribution in [0.4, 0.5) is 5.95 Å². The van der Waals surface area contributed by atoms with E-state index in [9.17, 15) is 0 Å². The van der Waals surface area contributed by atoms with Gasteiger partial charge in [-0.3, -0.25) is 4.90 Å². The molecule has 20 heavy (non-hydrogen) atoms. The van der Waals surface area contributed by atoms with Crippen LogP contribution in [0.5, 0.6) is 0 Å². The molecule has 0 atom stereocenters. The molecular formula is C15H27N5. The van der Waals surface area contributed by atoms with Gasteiger partial charge in [0.2, 0.25) is 5.95 Å². The lowest BCUT2D eigenvalue weighted by molar-refractivity contribution is 0.223. The predicted molar refractivity (Wildman–Crippen MR) is 83.1 cm³/mol. The Labute approximate surface area is 122 Å². The van der Waals surface area contributed by atoms with Crippen LogP contribution in [-0.2, 0) is 13.0 Å².